The molecular formula is C18H18ClF3N2O. The molecule has 0 heterocycles. The van der Waals surface area contributed by atoms with Crippen LogP contribution in [-0.2, 0) is 6.18 Å². The fourth-order valence-corrected chi connectivity index (χ4v) is 2.38. The number of rotatable bonds is 3. The first kappa shape index (κ1) is 19.1. The van der Waals surface area contributed by atoms with Gasteiger partial charge in [-0.3, -0.25) is 4.79 Å². The number of halogens is 4. The van der Waals surface area contributed by atoms with Gasteiger partial charge in [-0.25, -0.2) is 0 Å². The predicted octanol–water partition coefficient (Wildman–Crippen LogP) is 5.82. The Morgan fingerprint density at radius 2 is 1.52 bits per heavy atom. The third-order valence-electron chi connectivity index (χ3n) is 3.20. The summed E-state index contributed by atoms with van der Waals surface area (Å²) in [6.07, 6.45) is -4.62. The van der Waals surface area contributed by atoms with E-state index in [1.165, 1.54) is 6.07 Å². The van der Waals surface area contributed by atoms with Crippen LogP contribution in [-0.4, -0.2) is 11.4 Å². The van der Waals surface area contributed by atoms with Crippen molar-refractivity contribution in [3.63, 3.8) is 0 Å². The van der Waals surface area contributed by atoms with Crippen LogP contribution in [0.1, 0.15) is 36.7 Å². The highest BCUT2D eigenvalue weighted by Crippen LogP contribution is 2.35. The van der Waals surface area contributed by atoms with E-state index in [1.807, 2.05) is 20.8 Å². The molecule has 0 unspecified atom stereocenters. The molecule has 0 atom stereocenters. The van der Waals surface area contributed by atoms with Gasteiger partial charge in [-0.1, -0.05) is 11.6 Å². The summed E-state index contributed by atoms with van der Waals surface area (Å²) in [4.78, 5) is 12.2. The van der Waals surface area contributed by atoms with Crippen molar-refractivity contribution in [3.05, 3.63) is 58.6 Å². The van der Waals surface area contributed by atoms with Gasteiger partial charge in [0, 0.05) is 22.5 Å². The Hall–Kier alpha value is -2.21. The Morgan fingerprint density at radius 3 is 2.04 bits per heavy atom. The lowest BCUT2D eigenvalue weighted by atomic mass is 10.1. The molecule has 25 heavy (non-hydrogen) atoms. The number of hydrogen-bond donors (Lipinski definition) is 2. The Labute approximate surface area is 149 Å². The normalized spacial score (nSPS) is 12.0. The molecule has 0 aliphatic heterocycles. The molecule has 0 saturated heterocycles. The van der Waals surface area contributed by atoms with Gasteiger partial charge in [-0.2, -0.15) is 13.2 Å². The first-order valence-electron chi connectivity index (χ1n) is 7.52. The Bertz CT molecular complexity index is 765. The highest BCUT2D eigenvalue weighted by molar-refractivity contribution is 6.31. The van der Waals surface area contributed by atoms with Crippen molar-refractivity contribution >= 4 is 28.9 Å². The highest BCUT2D eigenvalue weighted by Gasteiger charge is 2.33. The first-order valence-corrected chi connectivity index (χ1v) is 7.90. The van der Waals surface area contributed by atoms with Crippen LogP contribution in [0, 0.1) is 0 Å². The molecule has 2 N–H and O–H groups in total. The molecule has 0 aliphatic rings. The highest BCUT2D eigenvalue weighted by atomic mass is 35.5. The van der Waals surface area contributed by atoms with Crippen molar-refractivity contribution in [2.24, 2.45) is 0 Å². The van der Waals surface area contributed by atoms with Gasteiger partial charge in [-0.05, 0) is 63.2 Å². The number of benzene rings is 2. The molecule has 2 aromatic carbocycles. The SMILES string of the molecule is CC(C)(C)Nc1ccc(NC(=O)c2ccc(Cl)c(C(F)(F)F)c2)cc1. The zero-order chi connectivity index (χ0) is 18.8. The Morgan fingerprint density at radius 1 is 0.960 bits per heavy atom. The average molecular weight is 371 g/mol. The summed E-state index contributed by atoms with van der Waals surface area (Å²) in [6, 6.07) is 9.97. The van der Waals surface area contributed by atoms with Crippen molar-refractivity contribution in [2.75, 3.05) is 10.6 Å². The summed E-state index contributed by atoms with van der Waals surface area (Å²) in [7, 11) is 0. The number of carbonyl (C=O) groups excluding carboxylic acids is 1. The maximum absolute atomic E-state index is 12.9. The van der Waals surface area contributed by atoms with E-state index in [9.17, 15) is 18.0 Å². The standard InChI is InChI=1S/C18H18ClF3N2O/c1-17(2,3)24-13-7-5-12(6-8-13)23-16(25)11-4-9-15(19)14(10-11)18(20,21)22/h4-10,24H,1-3H3,(H,23,25). The molecule has 2 aromatic rings. The number of amides is 1. The molecule has 7 heteroatoms. The van der Waals surface area contributed by atoms with Crippen LogP contribution in [0.2, 0.25) is 5.02 Å². The Kier molecular flexibility index (Phi) is 5.32. The van der Waals surface area contributed by atoms with Crippen LogP contribution in [0.25, 0.3) is 0 Å². The van der Waals surface area contributed by atoms with Gasteiger partial charge in [0.05, 0.1) is 10.6 Å². The lowest BCUT2D eigenvalue weighted by Crippen LogP contribution is -2.25. The quantitative estimate of drug-likeness (QED) is 0.714. The van der Waals surface area contributed by atoms with Crippen LogP contribution in [0.15, 0.2) is 42.5 Å². The first-order chi connectivity index (χ1) is 11.5. The number of carbonyl (C=O) groups is 1. The largest absolute Gasteiger partial charge is 0.417 e. The molecule has 0 saturated carbocycles. The second-order valence-corrected chi connectivity index (χ2v) is 7.01. The zero-order valence-corrected chi connectivity index (χ0v) is 14.7. The van der Waals surface area contributed by atoms with Crippen LogP contribution >= 0.6 is 11.6 Å². The van der Waals surface area contributed by atoms with E-state index >= 15 is 0 Å². The molecule has 1 amide bonds. The molecule has 3 nitrogen and oxygen atoms in total. The second-order valence-electron chi connectivity index (χ2n) is 6.60. The molecule has 0 radical (unpaired) electrons. The summed E-state index contributed by atoms with van der Waals surface area (Å²) in [6.45, 7) is 6.05. The lowest BCUT2D eigenvalue weighted by Gasteiger charge is -2.22. The van der Waals surface area contributed by atoms with E-state index in [0.29, 0.717) is 5.69 Å². The summed E-state index contributed by atoms with van der Waals surface area (Å²) in [5.41, 5.74) is 0.0895. The maximum Gasteiger partial charge on any atom is 0.417 e. The fraction of sp³-hybridized carbons (Fsp3) is 0.278. The maximum atomic E-state index is 12.9. The van der Waals surface area contributed by atoms with Gasteiger partial charge < -0.3 is 10.6 Å². The predicted molar refractivity (Wildman–Crippen MR) is 94.2 cm³/mol. The van der Waals surface area contributed by atoms with Crippen molar-refractivity contribution < 1.29 is 18.0 Å². The van der Waals surface area contributed by atoms with Crippen LogP contribution in [0.4, 0.5) is 24.5 Å². The summed E-state index contributed by atoms with van der Waals surface area (Å²) in [5, 5.41) is 5.40. The van der Waals surface area contributed by atoms with Crippen molar-refractivity contribution in [1.82, 2.24) is 0 Å². The van der Waals surface area contributed by atoms with Gasteiger partial charge in [0.25, 0.3) is 5.91 Å². The van der Waals surface area contributed by atoms with Crippen molar-refractivity contribution in [1.29, 1.82) is 0 Å². The topological polar surface area (TPSA) is 41.1 Å². The van der Waals surface area contributed by atoms with Gasteiger partial charge in [0.2, 0.25) is 0 Å². The third kappa shape index (κ3) is 5.39. The summed E-state index contributed by atoms with van der Waals surface area (Å²) >= 11 is 5.56. The minimum absolute atomic E-state index is 0.109. The minimum Gasteiger partial charge on any atom is -0.380 e. The Balaban J connectivity index is 2.15. The molecule has 2 rings (SSSR count). The van der Waals surface area contributed by atoms with Crippen molar-refractivity contribution in [2.45, 2.75) is 32.5 Å². The van der Waals surface area contributed by atoms with E-state index in [1.54, 1.807) is 24.3 Å². The van der Waals surface area contributed by atoms with E-state index in [4.69, 9.17) is 11.6 Å². The van der Waals surface area contributed by atoms with E-state index in [0.717, 1.165) is 17.8 Å². The van der Waals surface area contributed by atoms with Crippen LogP contribution in [0.3, 0.4) is 0 Å². The van der Waals surface area contributed by atoms with E-state index < -0.39 is 22.7 Å². The third-order valence-corrected chi connectivity index (χ3v) is 3.53. The monoisotopic (exact) mass is 370 g/mol. The average Bonchev–Trinajstić information content (AvgIpc) is 2.47. The minimum atomic E-state index is -4.62. The molecular weight excluding hydrogens is 353 g/mol. The van der Waals surface area contributed by atoms with E-state index in [-0.39, 0.29) is 11.1 Å². The number of alkyl halides is 3. The summed E-state index contributed by atoms with van der Waals surface area (Å²) < 4.78 is 38.6. The van der Waals surface area contributed by atoms with Gasteiger partial charge in [0.15, 0.2) is 0 Å². The number of anilines is 2. The molecule has 0 aromatic heterocycles. The molecule has 0 aliphatic carbocycles. The van der Waals surface area contributed by atoms with Crippen LogP contribution in [0.5, 0.6) is 0 Å². The molecule has 0 spiro atoms. The summed E-state index contributed by atoms with van der Waals surface area (Å²) in [5.74, 6) is -0.640. The van der Waals surface area contributed by atoms with Crippen LogP contribution < -0.4 is 10.6 Å². The number of hydrogen-bond acceptors (Lipinski definition) is 2. The van der Waals surface area contributed by atoms with Gasteiger partial charge in [-0.15, -0.1) is 0 Å². The smallest absolute Gasteiger partial charge is 0.380 e. The fourth-order valence-electron chi connectivity index (χ4n) is 2.16. The van der Waals surface area contributed by atoms with Gasteiger partial charge >= 0.3 is 6.18 Å². The number of nitrogens with one attached hydrogen (secondary N) is 2. The van der Waals surface area contributed by atoms with Gasteiger partial charge in [0.1, 0.15) is 0 Å². The van der Waals surface area contributed by atoms with E-state index in [2.05, 4.69) is 10.6 Å². The second kappa shape index (κ2) is 6.96. The molecule has 0 bridgehead atoms. The lowest BCUT2D eigenvalue weighted by molar-refractivity contribution is -0.137. The van der Waals surface area contributed by atoms with Crippen molar-refractivity contribution in [3.8, 4) is 0 Å². The zero-order valence-electron chi connectivity index (χ0n) is 14.0. The molecule has 0 fully saturated rings. The molecule has 134 valence electrons.